The zero-order chi connectivity index (χ0) is 13.1. The molecule has 0 aliphatic carbocycles. The van der Waals surface area contributed by atoms with Gasteiger partial charge in [-0.3, -0.25) is 0 Å². The number of thiazole rings is 1. The minimum absolute atomic E-state index is 0.0499. The first-order valence-electron chi connectivity index (χ1n) is 5.32. The minimum atomic E-state index is -0.747. The number of aromatic nitrogens is 1. The van der Waals surface area contributed by atoms with Gasteiger partial charge in [0.1, 0.15) is 11.6 Å². The zero-order valence-electron chi connectivity index (χ0n) is 9.74. The van der Waals surface area contributed by atoms with E-state index in [1.807, 2.05) is 12.3 Å². The molecule has 0 aliphatic heterocycles. The van der Waals surface area contributed by atoms with Crippen LogP contribution in [0.4, 0.5) is 8.78 Å². The molecule has 0 saturated heterocycles. The van der Waals surface area contributed by atoms with Crippen LogP contribution in [0.3, 0.4) is 0 Å². The summed E-state index contributed by atoms with van der Waals surface area (Å²) in [4.78, 5) is 4.15. The second kappa shape index (κ2) is 5.41. The lowest BCUT2D eigenvalue weighted by Gasteiger charge is -2.08. The van der Waals surface area contributed by atoms with Crippen molar-refractivity contribution in [1.29, 1.82) is 0 Å². The molecular weight excluding hydrogens is 258 g/mol. The van der Waals surface area contributed by atoms with Gasteiger partial charge in [0.25, 0.3) is 0 Å². The van der Waals surface area contributed by atoms with Gasteiger partial charge in [-0.2, -0.15) is 0 Å². The van der Waals surface area contributed by atoms with Crippen molar-refractivity contribution in [2.75, 3.05) is 0 Å². The van der Waals surface area contributed by atoms with Crippen LogP contribution >= 0.6 is 11.3 Å². The van der Waals surface area contributed by atoms with E-state index in [0.29, 0.717) is 10.6 Å². The average molecular weight is 270 g/mol. The molecule has 0 aliphatic rings. The van der Waals surface area contributed by atoms with Gasteiger partial charge in [-0.15, -0.1) is 11.3 Å². The summed E-state index contributed by atoms with van der Waals surface area (Å²) in [5, 5.41) is 2.53. The first-order valence-corrected chi connectivity index (χ1v) is 6.20. The molecule has 2 N–H and O–H groups in total. The summed E-state index contributed by atoms with van der Waals surface area (Å²) < 4.78 is 32.3. The highest BCUT2D eigenvalue weighted by Gasteiger charge is 2.13. The van der Waals surface area contributed by atoms with Crippen molar-refractivity contribution in [2.24, 2.45) is 5.73 Å². The first kappa shape index (κ1) is 12.9. The summed E-state index contributed by atoms with van der Waals surface area (Å²) >= 11 is 1.39. The zero-order valence-corrected chi connectivity index (χ0v) is 10.6. The number of ether oxygens (including phenoxy) is 1. The van der Waals surface area contributed by atoms with Crippen LogP contribution in [-0.2, 0) is 13.2 Å². The van der Waals surface area contributed by atoms with Crippen molar-refractivity contribution >= 4 is 11.3 Å². The molecule has 3 nitrogen and oxygen atoms in total. The highest BCUT2D eigenvalue weighted by atomic mass is 32.1. The van der Waals surface area contributed by atoms with E-state index < -0.39 is 11.6 Å². The number of halogens is 2. The lowest BCUT2D eigenvalue weighted by Crippen LogP contribution is -2.03. The smallest absolute Gasteiger partial charge is 0.191 e. The highest BCUT2D eigenvalue weighted by Crippen LogP contribution is 2.24. The number of aryl methyl sites for hydroxylation is 1. The number of nitrogens with two attached hydrogens (primary N) is 1. The van der Waals surface area contributed by atoms with Crippen LogP contribution in [0.1, 0.15) is 16.3 Å². The lowest BCUT2D eigenvalue weighted by molar-refractivity contribution is 0.273. The quantitative estimate of drug-likeness (QED) is 0.929. The average Bonchev–Trinajstić information content (AvgIpc) is 2.73. The molecule has 18 heavy (non-hydrogen) atoms. The maximum Gasteiger partial charge on any atom is 0.191 e. The molecule has 0 spiro atoms. The van der Waals surface area contributed by atoms with Crippen LogP contribution in [0.5, 0.6) is 5.75 Å². The van der Waals surface area contributed by atoms with E-state index >= 15 is 0 Å². The Morgan fingerprint density at radius 1 is 1.33 bits per heavy atom. The van der Waals surface area contributed by atoms with Gasteiger partial charge in [-0.05, 0) is 24.6 Å². The molecule has 96 valence electrons. The molecule has 6 heteroatoms. The lowest BCUT2D eigenvalue weighted by atomic mass is 10.2. The second-order valence-corrected chi connectivity index (χ2v) is 4.71. The highest BCUT2D eigenvalue weighted by molar-refractivity contribution is 7.09. The number of hydrogen-bond donors (Lipinski definition) is 1. The van der Waals surface area contributed by atoms with E-state index in [0.717, 1.165) is 5.69 Å². The fourth-order valence-corrected chi connectivity index (χ4v) is 2.15. The summed E-state index contributed by atoms with van der Waals surface area (Å²) in [6.07, 6.45) is 0. The summed E-state index contributed by atoms with van der Waals surface area (Å²) in [5.41, 5.74) is 6.57. The van der Waals surface area contributed by atoms with Crippen molar-refractivity contribution in [3.8, 4) is 5.75 Å². The standard InChI is InChI=1S/C12H12F2N2OS/c1-7-6-18-11(16-7)5-17-12-9(13)2-8(4-15)3-10(12)14/h2-3,6H,4-5,15H2,1H3. The van der Waals surface area contributed by atoms with E-state index in [1.165, 1.54) is 23.5 Å². The van der Waals surface area contributed by atoms with Crippen molar-refractivity contribution in [1.82, 2.24) is 4.98 Å². The molecule has 0 atom stereocenters. The van der Waals surface area contributed by atoms with Gasteiger partial charge in [-0.25, -0.2) is 13.8 Å². The Balaban J connectivity index is 2.14. The van der Waals surface area contributed by atoms with Gasteiger partial charge in [-0.1, -0.05) is 0 Å². The summed E-state index contributed by atoms with van der Waals surface area (Å²) in [6, 6.07) is 2.34. The predicted molar refractivity (Wildman–Crippen MR) is 65.4 cm³/mol. The molecule has 0 bridgehead atoms. The van der Waals surface area contributed by atoms with Crippen LogP contribution in [0, 0.1) is 18.6 Å². The SMILES string of the molecule is Cc1csc(COc2c(F)cc(CN)cc2F)n1. The molecule has 0 amide bonds. The third kappa shape index (κ3) is 2.83. The number of benzene rings is 1. The number of rotatable bonds is 4. The predicted octanol–water partition coefficient (Wildman–Crippen LogP) is 2.77. The molecule has 2 aromatic rings. The van der Waals surface area contributed by atoms with Gasteiger partial charge in [0, 0.05) is 17.6 Å². The molecule has 1 aromatic heterocycles. The molecule has 0 radical (unpaired) electrons. The third-order valence-electron chi connectivity index (χ3n) is 2.30. The molecule has 2 rings (SSSR count). The minimum Gasteiger partial charge on any atom is -0.480 e. The topological polar surface area (TPSA) is 48.1 Å². The van der Waals surface area contributed by atoms with Crippen LogP contribution in [0.2, 0.25) is 0 Å². The third-order valence-corrected chi connectivity index (χ3v) is 3.24. The van der Waals surface area contributed by atoms with Crippen LogP contribution in [-0.4, -0.2) is 4.98 Å². The Labute approximate surface area is 107 Å². The molecule has 0 fully saturated rings. The normalized spacial score (nSPS) is 10.7. The summed E-state index contributed by atoms with van der Waals surface area (Å²) in [5.74, 6) is -1.88. The molecule has 1 heterocycles. The molecule has 0 saturated carbocycles. The van der Waals surface area contributed by atoms with Crippen molar-refractivity contribution < 1.29 is 13.5 Å². The van der Waals surface area contributed by atoms with E-state index in [4.69, 9.17) is 10.5 Å². The van der Waals surface area contributed by atoms with E-state index in [2.05, 4.69) is 4.98 Å². The maximum atomic E-state index is 13.6. The van der Waals surface area contributed by atoms with E-state index in [-0.39, 0.29) is 18.9 Å². The van der Waals surface area contributed by atoms with E-state index in [1.54, 1.807) is 0 Å². The van der Waals surface area contributed by atoms with Gasteiger partial charge < -0.3 is 10.5 Å². The largest absolute Gasteiger partial charge is 0.480 e. The number of hydrogen-bond acceptors (Lipinski definition) is 4. The number of nitrogens with zero attached hydrogens (tertiary/aromatic N) is 1. The van der Waals surface area contributed by atoms with Crippen LogP contribution < -0.4 is 10.5 Å². The van der Waals surface area contributed by atoms with Gasteiger partial charge in [0.05, 0.1) is 0 Å². The monoisotopic (exact) mass is 270 g/mol. The van der Waals surface area contributed by atoms with Crippen molar-refractivity contribution in [2.45, 2.75) is 20.1 Å². The van der Waals surface area contributed by atoms with Crippen LogP contribution in [0.15, 0.2) is 17.5 Å². The Kier molecular flexibility index (Phi) is 3.88. The second-order valence-electron chi connectivity index (χ2n) is 3.76. The van der Waals surface area contributed by atoms with Gasteiger partial charge >= 0.3 is 0 Å². The summed E-state index contributed by atoms with van der Waals surface area (Å²) in [7, 11) is 0. The molecular formula is C12H12F2N2OS. The van der Waals surface area contributed by atoms with E-state index in [9.17, 15) is 8.78 Å². The fourth-order valence-electron chi connectivity index (χ4n) is 1.47. The first-order chi connectivity index (χ1) is 8.60. The Morgan fingerprint density at radius 2 is 2.00 bits per heavy atom. The Bertz CT molecular complexity index is 534. The Morgan fingerprint density at radius 3 is 2.50 bits per heavy atom. The fraction of sp³-hybridized carbons (Fsp3) is 0.250. The van der Waals surface area contributed by atoms with Crippen molar-refractivity contribution in [3.05, 3.63) is 45.4 Å². The molecule has 0 unspecified atom stereocenters. The Hall–Kier alpha value is -1.53. The van der Waals surface area contributed by atoms with Crippen LogP contribution in [0.25, 0.3) is 0 Å². The van der Waals surface area contributed by atoms with Gasteiger partial charge in [0.15, 0.2) is 17.4 Å². The summed E-state index contributed by atoms with van der Waals surface area (Å²) in [6.45, 7) is 1.98. The molecule has 1 aromatic carbocycles. The van der Waals surface area contributed by atoms with Gasteiger partial charge in [0.2, 0.25) is 0 Å². The van der Waals surface area contributed by atoms with Crippen molar-refractivity contribution in [3.63, 3.8) is 0 Å². The maximum absolute atomic E-state index is 13.6.